The molecule has 7 nitrogen and oxygen atoms in total. The summed E-state index contributed by atoms with van der Waals surface area (Å²) in [5.74, 6) is 2.34. The summed E-state index contributed by atoms with van der Waals surface area (Å²) >= 11 is 0. The molecule has 3 aromatic rings. The molecule has 8 heteroatoms. The topological polar surface area (TPSA) is 72.7 Å². The third-order valence-electron chi connectivity index (χ3n) is 4.42. The number of benzene rings is 2. The zero-order valence-corrected chi connectivity index (χ0v) is 20.1. The number of hydrogen-bond donors (Lipinski definition) is 2. The van der Waals surface area contributed by atoms with Crippen LogP contribution in [0.15, 0.2) is 78.4 Å². The Morgan fingerprint density at radius 2 is 1.84 bits per heavy atom. The molecule has 0 fully saturated rings. The van der Waals surface area contributed by atoms with Crippen LogP contribution < -0.4 is 20.1 Å². The molecular formula is C23H28IN5O2. The fourth-order valence-corrected chi connectivity index (χ4v) is 2.85. The number of nitrogens with one attached hydrogen (secondary N) is 2. The van der Waals surface area contributed by atoms with Crippen molar-refractivity contribution in [1.29, 1.82) is 0 Å². The Morgan fingerprint density at radius 1 is 1.10 bits per heavy atom. The number of aromatic nitrogens is 2. The van der Waals surface area contributed by atoms with Crippen LogP contribution in [0.5, 0.6) is 11.5 Å². The molecule has 0 spiro atoms. The predicted octanol–water partition coefficient (Wildman–Crippen LogP) is 3.93. The molecule has 31 heavy (non-hydrogen) atoms. The summed E-state index contributed by atoms with van der Waals surface area (Å²) in [5, 5.41) is 11.2. The van der Waals surface area contributed by atoms with Crippen molar-refractivity contribution in [2.24, 2.45) is 4.99 Å². The Labute approximate surface area is 200 Å². The SMILES string of the molecule is C=CCOc1ccccc1CNC(=NC)NCc1ccn(-c2ccc(OC)cc2)n1.I. The second-order valence-electron chi connectivity index (χ2n) is 6.44. The number of para-hydroxylation sites is 1. The molecule has 0 bridgehead atoms. The molecule has 1 aromatic heterocycles. The molecule has 1 heterocycles. The molecule has 164 valence electrons. The van der Waals surface area contributed by atoms with Gasteiger partial charge in [-0.3, -0.25) is 4.99 Å². The Balaban J connectivity index is 0.00000341. The first kappa shape index (κ1) is 24.3. The molecule has 3 rings (SSSR count). The Bertz CT molecular complexity index is 986. The molecule has 0 aliphatic carbocycles. The summed E-state index contributed by atoms with van der Waals surface area (Å²) in [5.41, 5.74) is 2.93. The van der Waals surface area contributed by atoms with Gasteiger partial charge in [-0.15, -0.1) is 24.0 Å². The number of rotatable bonds is 9. The lowest BCUT2D eigenvalue weighted by atomic mass is 10.2. The van der Waals surface area contributed by atoms with E-state index in [0.717, 1.165) is 28.4 Å². The third-order valence-corrected chi connectivity index (χ3v) is 4.42. The highest BCUT2D eigenvalue weighted by Crippen LogP contribution is 2.17. The van der Waals surface area contributed by atoms with Crippen LogP contribution in [-0.2, 0) is 13.1 Å². The second-order valence-corrected chi connectivity index (χ2v) is 6.44. The average Bonchev–Trinajstić information content (AvgIpc) is 3.27. The van der Waals surface area contributed by atoms with Gasteiger partial charge in [-0.1, -0.05) is 30.9 Å². The average molecular weight is 533 g/mol. The summed E-state index contributed by atoms with van der Waals surface area (Å²) in [6, 6.07) is 17.6. The van der Waals surface area contributed by atoms with E-state index in [2.05, 4.69) is 27.3 Å². The molecule has 0 amide bonds. The monoisotopic (exact) mass is 533 g/mol. The maximum Gasteiger partial charge on any atom is 0.191 e. The van der Waals surface area contributed by atoms with E-state index in [-0.39, 0.29) is 24.0 Å². The van der Waals surface area contributed by atoms with Crippen molar-refractivity contribution < 1.29 is 9.47 Å². The summed E-state index contributed by atoms with van der Waals surface area (Å²) in [7, 11) is 3.39. The first-order valence-electron chi connectivity index (χ1n) is 9.68. The summed E-state index contributed by atoms with van der Waals surface area (Å²) in [4.78, 5) is 4.28. The molecule has 0 radical (unpaired) electrons. The Morgan fingerprint density at radius 3 is 2.55 bits per heavy atom. The van der Waals surface area contributed by atoms with Crippen LogP contribution in [0.1, 0.15) is 11.3 Å². The van der Waals surface area contributed by atoms with Crippen molar-refractivity contribution in [3.63, 3.8) is 0 Å². The minimum absolute atomic E-state index is 0. The van der Waals surface area contributed by atoms with Gasteiger partial charge in [0.15, 0.2) is 5.96 Å². The zero-order chi connectivity index (χ0) is 21.2. The molecule has 2 aromatic carbocycles. The van der Waals surface area contributed by atoms with E-state index < -0.39 is 0 Å². The van der Waals surface area contributed by atoms with Crippen molar-refractivity contribution >= 4 is 29.9 Å². The maximum atomic E-state index is 5.70. The minimum Gasteiger partial charge on any atom is -0.497 e. The lowest BCUT2D eigenvalue weighted by Crippen LogP contribution is -2.36. The highest BCUT2D eigenvalue weighted by Gasteiger charge is 2.06. The van der Waals surface area contributed by atoms with Crippen LogP contribution in [0, 0.1) is 0 Å². The molecule has 0 saturated carbocycles. The number of hydrogen-bond acceptors (Lipinski definition) is 4. The van der Waals surface area contributed by atoms with Gasteiger partial charge < -0.3 is 20.1 Å². The number of nitrogens with zero attached hydrogens (tertiary/aromatic N) is 3. The first-order valence-corrected chi connectivity index (χ1v) is 9.68. The minimum atomic E-state index is 0. The molecule has 0 saturated heterocycles. The van der Waals surface area contributed by atoms with Crippen LogP contribution in [0.4, 0.5) is 0 Å². The van der Waals surface area contributed by atoms with E-state index in [0.29, 0.717) is 25.7 Å². The van der Waals surface area contributed by atoms with Crippen molar-refractivity contribution in [3.8, 4) is 17.2 Å². The van der Waals surface area contributed by atoms with E-state index in [9.17, 15) is 0 Å². The van der Waals surface area contributed by atoms with Crippen LogP contribution >= 0.6 is 24.0 Å². The van der Waals surface area contributed by atoms with Crippen molar-refractivity contribution in [2.75, 3.05) is 20.8 Å². The predicted molar refractivity (Wildman–Crippen MR) is 135 cm³/mol. The van der Waals surface area contributed by atoms with Crippen molar-refractivity contribution in [2.45, 2.75) is 13.1 Å². The summed E-state index contributed by atoms with van der Waals surface area (Å²) in [6.07, 6.45) is 3.66. The molecule has 0 aliphatic heterocycles. The van der Waals surface area contributed by atoms with Crippen LogP contribution in [0.3, 0.4) is 0 Å². The van der Waals surface area contributed by atoms with Crippen molar-refractivity contribution in [1.82, 2.24) is 20.4 Å². The molecule has 0 unspecified atom stereocenters. The van der Waals surface area contributed by atoms with Crippen LogP contribution in [0.25, 0.3) is 5.69 Å². The fraction of sp³-hybridized carbons (Fsp3) is 0.217. The van der Waals surface area contributed by atoms with E-state index in [1.165, 1.54) is 0 Å². The third kappa shape index (κ3) is 7.02. The van der Waals surface area contributed by atoms with Gasteiger partial charge in [0.1, 0.15) is 18.1 Å². The van der Waals surface area contributed by atoms with Gasteiger partial charge in [-0.2, -0.15) is 5.10 Å². The molecular weight excluding hydrogens is 505 g/mol. The van der Waals surface area contributed by atoms with E-state index >= 15 is 0 Å². The molecule has 0 atom stereocenters. The number of aliphatic imine (C=N–C) groups is 1. The number of guanidine groups is 1. The maximum absolute atomic E-state index is 5.70. The summed E-state index contributed by atoms with van der Waals surface area (Å²) < 4.78 is 12.7. The second kappa shape index (κ2) is 12.6. The number of methoxy groups -OCH3 is 1. The standard InChI is InChI=1S/C23H27N5O2.HI/c1-4-15-30-22-8-6-5-7-18(22)16-25-23(24-2)26-17-19-13-14-28(27-19)20-9-11-21(29-3)12-10-20;/h4-14H,1,15-17H2,2-3H3,(H2,24,25,26);1H. The molecule has 2 N–H and O–H groups in total. The van der Waals surface area contributed by atoms with Gasteiger partial charge in [-0.05, 0) is 36.4 Å². The van der Waals surface area contributed by atoms with Gasteiger partial charge in [0.05, 0.1) is 25.0 Å². The molecule has 0 aliphatic rings. The number of ether oxygens (including phenoxy) is 2. The Hall–Kier alpha value is -3.01. The van der Waals surface area contributed by atoms with Gasteiger partial charge >= 0.3 is 0 Å². The summed E-state index contributed by atoms with van der Waals surface area (Å²) in [6.45, 7) is 5.31. The highest BCUT2D eigenvalue weighted by molar-refractivity contribution is 14.0. The van der Waals surface area contributed by atoms with Crippen LogP contribution in [-0.4, -0.2) is 36.5 Å². The smallest absolute Gasteiger partial charge is 0.191 e. The normalized spacial score (nSPS) is 10.7. The lowest BCUT2D eigenvalue weighted by molar-refractivity contribution is 0.358. The van der Waals surface area contributed by atoms with Gasteiger partial charge in [0.2, 0.25) is 0 Å². The highest BCUT2D eigenvalue weighted by atomic mass is 127. The van der Waals surface area contributed by atoms with Gasteiger partial charge in [0.25, 0.3) is 0 Å². The lowest BCUT2D eigenvalue weighted by Gasteiger charge is -2.14. The quantitative estimate of drug-likeness (QED) is 0.189. The van der Waals surface area contributed by atoms with Gasteiger partial charge in [0, 0.05) is 25.4 Å². The van der Waals surface area contributed by atoms with Crippen LogP contribution in [0.2, 0.25) is 0 Å². The van der Waals surface area contributed by atoms with Crippen molar-refractivity contribution in [3.05, 3.63) is 84.7 Å². The zero-order valence-electron chi connectivity index (χ0n) is 17.7. The number of halogens is 1. The Kier molecular flexibility index (Phi) is 9.89. The first-order chi connectivity index (χ1) is 14.7. The largest absolute Gasteiger partial charge is 0.497 e. The fourth-order valence-electron chi connectivity index (χ4n) is 2.85. The van der Waals surface area contributed by atoms with E-state index in [4.69, 9.17) is 9.47 Å². The van der Waals surface area contributed by atoms with E-state index in [1.807, 2.05) is 65.5 Å². The van der Waals surface area contributed by atoms with E-state index in [1.54, 1.807) is 20.2 Å². The van der Waals surface area contributed by atoms with Gasteiger partial charge in [-0.25, -0.2) is 4.68 Å².